The third kappa shape index (κ3) is 3.33. The van der Waals surface area contributed by atoms with Crippen LogP contribution in [0.3, 0.4) is 0 Å². The number of carbonyl (C=O) groups is 1. The molecule has 1 aromatic heterocycles. The van der Waals surface area contributed by atoms with Gasteiger partial charge in [-0.15, -0.1) is 10.2 Å². The molecule has 1 aromatic carbocycles. The molecule has 0 bridgehead atoms. The van der Waals surface area contributed by atoms with Crippen LogP contribution >= 0.6 is 11.6 Å². The highest BCUT2D eigenvalue weighted by molar-refractivity contribution is 6.31. The maximum Gasteiger partial charge on any atom is 0.254 e. The normalized spacial score (nSPS) is 10.6. The van der Waals surface area contributed by atoms with E-state index in [1.807, 2.05) is 6.92 Å². The van der Waals surface area contributed by atoms with E-state index in [0.29, 0.717) is 18.2 Å². The molecule has 0 radical (unpaired) electrons. The number of aromatic nitrogens is 2. The molecule has 0 aliphatic rings. The minimum absolute atomic E-state index is 0.153. The highest BCUT2D eigenvalue weighted by Gasteiger charge is 2.16. The average molecular weight is 298 g/mol. The maximum atomic E-state index is 13.2. The Balaban J connectivity index is 2.11. The van der Waals surface area contributed by atoms with Crippen LogP contribution in [-0.4, -0.2) is 28.1 Å². The lowest BCUT2D eigenvalue weighted by molar-refractivity contribution is 0.0771. The summed E-state index contributed by atoms with van der Waals surface area (Å²) in [6.45, 7) is 2.04. The zero-order chi connectivity index (χ0) is 14.7. The van der Waals surface area contributed by atoms with Crippen molar-refractivity contribution < 1.29 is 13.6 Å². The van der Waals surface area contributed by atoms with Gasteiger partial charge in [-0.05, 0) is 18.2 Å². The number of hydrogen-bond donors (Lipinski definition) is 0. The molecule has 20 heavy (non-hydrogen) atoms. The first-order valence-electron chi connectivity index (χ1n) is 6.02. The Morgan fingerprint density at radius 3 is 2.65 bits per heavy atom. The van der Waals surface area contributed by atoms with E-state index in [-0.39, 0.29) is 23.0 Å². The van der Waals surface area contributed by atoms with Crippen molar-refractivity contribution in [3.63, 3.8) is 0 Å². The summed E-state index contributed by atoms with van der Waals surface area (Å²) in [6, 6.07) is 3.69. The Labute approximate surface area is 120 Å². The predicted octanol–water partition coefficient (Wildman–Crippen LogP) is 2.70. The smallest absolute Gasteiger partial charge is 0.254 e. The van der Waals surface area contributed by atoms with E-state index < -0.39 is 5.82 Å². The van der Waals surface area contributed by atoms with Crippen LogP contribution in [0, 0.1) is 5.82 Å². The number of amides is 1. The van der Waals surface area contributed by atoms with E-state index in [1.54, 1.807) is 7.05 Å². The van der Waals surface area contributed by atoms with Gasteiger partial charge in [0.15, 0.2) is 0 Å². The summed E-state index contributed by atoms with van der Waals surface area (Å²) in [6.07, 6.45) is 0.629. The van der Waals surface area contributed by atoms with Crippen molar-refractivity contribution >= 4 is 17.5 Å². The fourth-order valence-electron chi connectivity index (χ4n) is 1.67. The van der Waals surface area contributed by atoms with Gasteiger partial charge in [0.2, 0.25) is 11.8 Å². The molecule has 7 heteroatoms. The minimum Gasteiger partial charge on any atom is -0.423 e. The molecular formula is C13H13ClFN3O2. The summed E-state index contributed by atoms with van der Waals surface area (Å²) in [5, 5.41) is 7.81. The number of rotatable bonds is 4. The van der Waals surface area contributed by atoms with Crippen LogP contribution in [0.1, 0.15) is 29.1 Å². The van der Waals surface area contributed by atoms with Crippen LogP contribution in [0.4, 0.5) is 4.39 Å². The second kappa shape index (κ2) is 6.00. The van der Waals surface area contributed by atoms with Gasteiger partial charge in [-0.3, -0.25) is 4.79 Å². The third-order valence-corrected chi connectivity index (χ3v) is 2.86. The van der Waals surface area contributed by atoms with Gasteiger partial charge in [0.05, 0.1) is 6.54 Å². The van der Waals surface area contributed by atoms with Gasteiger partial charge in [0.25, 0.3) is 5.91 Å². The Hall–Kier alpha value is -1.95. The molecular weight excluding hydrogens is 285 g/mol. The highest BCUT2D eigenvalue weighted by Crippen LogP contribution is 2.16. The van der Waals surface area contributed by atoms with Crippen LogP contribution < -0.4 is 0 Å². The van der Waals surface area contributed by atoms with Crippen LogP contribution in [0.15, 0.2) is 22.6 Å². The number of halogens is 2. The summed E-state index contributed by atoms with van der Waals surface area (Å²) in [7, 11) is 1.57. The molecule has 0 atom stereocenters. The zero-order valence-corrected chi connectivity index (χ0v) is 11.8. The molecule has 0 spiro atoms. The number of hydrogen-bond acceptors (Lipinski definition) is 4. The molecule has 1 heterocycles. The molecule has 0 saturated heterocycles. The molecule has 106 valence electrons. The molecule has 0 fully saturated rings. The van der Waals surface area contributed by atoms with Crippen molar-refractivity contribution in [1.82, 2.24) is 15.1 Å². The third-order valence-electron chi connectivity index (χ3n) is 2.64. The van der Waals surface area contributed by atoms with E-state index in [9.17, 15) is 9.18 Å². The largest absolute Gasteiger partial charge is 0.423 e. The Bertz CT molecular complexity index is 610. The van der Waals surface area contributed by atoms with Gasteiger partial charge in [-0.25, -0.2) is 4.39 Å². The van der Waals surface area contributed by atoms with Gasteiger partial charge >= 0.3 is 0 Å². The van der Waals surface area contributed by atoms with Crippen molar-refractivity contribution in [3.05, 3.63) is 46.4 Å². The number of nitrogens with zero attached hydrogens (tertiary/aromatic N) is 3. The average Bonchev–Trinajstić information content (AvgIpc) is 2.84. The Kier molecular flexibility index (Phi) is 4.34. The van der Waals surface area contributed by atoms with Crippen molar-refractivity contribution in [1.29, 1.82) is 0 Å². The van der Waals surface area contributed by atoms with Gasteiger partial charge in [-0.2, -0.15) is 0 Å². The van der Waals surface area contributed by atoms with Gasteiger partial charge in [0.1, 0.15) is 5.82 Å². The summed E-state index contributed by atoms with van der Waals surface area (Å²) in [5.41, 5.74) is 0.174. The Morgan fingerprint density at radius 1 is 1.35 bits per heavy atom. The highest BCUT2D eigenvalue weighted by atomic mass is 35.5. The van der Waals surface area contributed by atoms with Crippen molar-refractivity contribution in [2.75, 3.05) is 7.05 Å². The van der Waals surface area contributed by atoms with E-state index in [1.165, 1.54) is 11.0 Å². The summed E-state index contributed by atoms with van der Waals surface area (Å²) < 4.78 is 18.6. The first-order valence-corrected chi connectivity index (χ1v) is 6.40. The fourth-order valence-corrected chi connectivity index (χ4v) is 1.89. The number of aryl methyl sites for hydroxylation is 1. The molecule has 5 nitrogen and oxygen atoms in total. The molecule has 0 saturated carbocycles. The molecule has 2 aromatic rings. The van der Waals surface area contributed by atoms with E-state index in [4.69, 9.17) is 16.0 Å². The quantitative estimate of drug-likeness (QED) is 0.870. The van der Waals surface area contributed by atoms with Gasteiger partial charge in [0, 0.05) is 24.1 Å². The van der Waals surface area contributed by atoms with Crippen molar-refractivity contribution in [3.8, 4) is 0 Å². The van der Waals surface area contributed by atoms with Gasteiger partial charge in [-0.1, -0.05) is 18.5 Å². The SMILES string of the molecule is CCc1nnc(CN(C)C(=O)c2cc(F)cc(Cl)c2)o1. The lowest BCUT2D eigenvalue weighted by Gasteiger charge is -2.15. The van der Waals surface area contributed by atoms with Crippen molar-refractivity contribution in [2.45, 2.75) is 19.9 Å². The van der Waals surface area contributed by atoms with E-state index >= 15 is 0 Å². The van der Waals surface area contributed by atoms with Crippen molar-refractivity contribution in [2.24, 2.45) is 0 Å². The molecule has 0 N–H and O–H groups in total. The van der Waals surface area contributed by atoms with E-state index in [0.717, 1.165) is 12.1 Å². The molecule has 2 rings (SSSR count). The summed E-state index contributed by atoms with van der Waals surface area (Å²) in [5.74, 6) is -0.0854. The standard InChI is InChI=1S/C13H13ClFN3O2/c1-3-11-16-17-12(20-11)7-18(2)13(19)8-4-9(14)6-10(15)5-8/h4-6H,3,7H2,1-2H3. The first kappa shape index (κ1) is 14.5. The predicted molar refractivity (Wildman–Crippen MR) is 70.9 cm³/mol. The molecule has 1 amide bonds. The number of benzene rings is 1. The second-order valence-electron chi connectivity index (χ2n) is 4.26. The summed E-state index contributed by atoms with van der Waals surface area (Å²) >= 11 is 5.73. The fraction of sp³-hybridized carbons (Fsp3) is 0.308. The second-order valence-corrected chi connectivity index (χ2v) is 4.70. The molecule has 0 aliphatic carbocycles. The lowest BCUT2D eigenvalue weighted by atomic mass is 10.2. The summed E-state index contributed by atoms with van der Waals surface area (Å²) in [4.78, 5) is 13.5. The van der Waals surface area contributed by atoms with E-state index in [2.05, 4.69) is 10.2 Å². The van der Waals surface area contributed by atoms with Gasteiger partial charge < -0.3 is 9.32 Å². The number of carbonyl (C=O) groups excluding carboxylic acids is 1. The lowest BCUT2D eigenvalue weighted by Crippen LogP contribution is -2.26. The van der Waals surface area contributed by atoms with Crippen LogP contribution in [-0.2, 0) is 13.0 Å². The molecule has 0 unspecified atom stereocenters. The molecule has 0 aliphatic heterocycles. The topological polar surface area (TPSA) is 59.2 Å². The maximum absolute atomic E-state index is 13.2. The minimum atomic E-state index is -0.555. The zero-order valence-electron chi connectivity index (χ0n) is 11.1. The first-order chi connectivity index (χ1) is 9.49. The van der Waals surface area contributed by atoms with Crippen LogP contribution in [0.25, 0.3) is 0 Å². The van der Waals surface area contributed by atoms with Crippen LogP contribution in [0.5, 0.6) is 0 Å². The monoisotopic (exact) mass is 297 g/mol. The van der Waals surface area contributed by atoms with Crippen LogP contribution in [0.2, 0.25) is 5.02 Å². The Morgan fingerprint density at radius 2 is 2.05 bits per heavy atom.